The van der Waals surface area contributed by atoms with Gasteiger partial charge in [-0.15, -0.1) is 11.3 Å². The van der Waals surface area contributed by atoms with Gasteiger partial charge in [0.1, 0.15) is 11.9 Å². The van der Waals surface area contributed by atoms with E-state index in [1.807, 2.05) is 19.9 Å². The van der Waals surface area contributed by atoms with Crippen LogP contribution in [0, 0.1) is 23.1 Å². The Labute approximate surface area is 144 Å². The molecule has 0 aliphatic carbocycles. The van der Waals surface area contributed by atoms with E-state index in [-0.39, 0.29) is 24.2 Å². The Bertz CT molecular complexity index is 734. The topological polar surface area (TPSA) is 64.3 Å². The third-order valence-corrected chi connectivity index (χ3v) is 4.38. The third-order valence-electron chi connectivity index (χ3n) is 3.46. The molecule has 1 heterocycles. The van der Waals surface area contributed by atoms with Crippen LogP contribution >= 0.6 is 11.3 Å². The summed E-state index contributed by atoms with van der Waals surface area (Å²) in [7, 11) is 0. The minimum absolute atomic E-state index is 0.114. The van der Waals surface area contributed by atoms with Crippen molar-refractivity contribution in [2.75, 3.05) is 13.1 Å². The lowest BCUT2D eigenvalue weighted by molar-refractivity contribution is 0.0599. The van der Waals surface area contributed by atoms with Gasteiger partial charge in [0.15, 0.2) is 0 Å². The first-order valence-electron chi connectivity index (χ1n) is 7.62. The fraction of sp³-hybridized carbons (Fsp3) is 0.333. The van der Waals surface area contributed by atoms with Crippen LogP contribution in [0.15, 0.2) is 35.7 Å². The monoisotopic (exact) mass is 346 g/mol. The fourth-order valence-electron chi connectivity index (χ4n) is 2.34. The number of carbonyl (C=O) groups is 1. The average Bonchev–Trinajstić information content (AvgIpc) is 3.02. The van der Waals surface area contributed by atoms with Crippen LogP contribution < -0.4 is 0 Å². The SMILES string of the molecule is CC(C)CN(CC(O)c1ccc(F)cc1)C(=O)c1cc(C#N)cs1. The van der Waals surface area contributed by atoms with Crippen LogP contribution in [0.4, 0.5) is 4.39 Å². The molecule has 0 fully saturated rings. The minimum Gasteiger partial charge on any atom is -0.387 e. The normalized spacial score (nSPS) is 12.0. The van der Waals surface area contributed by atoms with Gasteiger partial charge in [0, 0.05) is 11.9 Å². The van der Waals surface area contributed by atoms with E-state index < -0.39 is 6.10 Å². The second-order valence-electron chi connectivity index (χ2n) is 5.98. The maximum Gasteiger partial charge on any atom is 0.264 e. The average molecular weight is 346 g/mol. The van der Waals surface area contributed by atoms with Gasteiger partial charge in [-0.25, -0.2) is 4.39 Å². The van der Waals surface area contributed by atoms with Gasteiger partial charge in [0.05, 0.1) is 23.1 Å². The number of hydrogen-bond donors (Lipinski definition) is 1. The molecule has 2 rings (SSSR count). The molecule has 0 saturated carbocycles. The number of aliphatic hydroxyl groups excluding tert-OH is 1. The molecule has 0 bridgehead atoms. The van der Waals surface area contributed by atoms with Crippen molar-refractivity contribution < 1.29 is 14.3 Å². The quantitative estimate of drug-likeness (QED) is 0.869. The molecule has 0 aliphatic rings. The van der Waals surface area contributed by atoms with E-state index in [9.17, 15) is 14.3 Å². The van der Waals surface area contributed by atoms with E-state index in [4.69, 9.17) is 5.26 Å². The number of carbonyl (C=O) groups excluding carboxylic acids is 1. The summed E-state index contributed by atoms with van der Waals surface area (Å²) in [5.41, 5.74) is 1.01. The molecule has 4 nitrogen and oxygen atoms in total. The van der Waals surface area contributed by atoms with Gasteiger partial charge in [-0.1, -0.05) is 26.0 Å². The van der Waals surface area contributed by atoms with E-state index >= 15 is 0 Å². The smallest absolute Gasteiger partial charge is 0.264 e. The Kier molecular flexibility index (Phi) is 6.07. The highest BCUT2D eigenvalue weighted by Crippen LogP contribution is 2.20. The van der Waals surface area contributed by atoms with Crippen molar-refractivity contribution >= 4 is 17.2 Å². The Morgan fingerprint density at radius 2 is 2.00 bits per heavy atom. The first kappa shape index (κ1) is 18.1. The molecule has 0 saturated heterocycles. The summed E-state index contributed by atoms with van der Waals surface area (Å²) in [5, 5.41) is 20.9. The second-order valence-corrected chi connectivity index (χ2v) is 6.89. The first-order chi connectivity index (χ1) is 11.4. The van der Waals surface area contributed by atoms with Crippen LogP contribution in [-0.4, -0.2) is 29.0 Å². The Hall–Kier alpha value is -2.23. The van der Waals surface area contributed by atoms with Crippen molar-refractivity contribution in [3.63, 3.8) is 0 Å². The van der Waals surface area contributed by atoms with E-state index in [0.717, 1.165) is 0 Å². The highest BCUT2D eigenvalue weighted by molar-refractivity contribution is 7.12. The van der Waals surface area contributed by atoms with Crippen molar-refractivity contribution in [3.8, 4) is 6.07 Å². The summed E-state index contributed by atoms with van der Waals surface area (Å²) in [6.07, 6.45) is -0.899. The number of amides is 1. The molecular formula is C18H19FN2O2S. The number of nitriles is 1. The van der Waals surface area contributed by atoms with Gasteiger partial charge in [-0.05, 0) is 29.7 Å². The lowest BCUT2D eigenvalue weighted by Gasteiger charge is -2.26. The number of thiophene rings is 1. The summed E-state index contributed by atoms with van der Waals surface area (Å²) in [6, 6.07) is 9.16. The van der Waals surface area contributed by atoms with Crippen LogP contribution in [0.2, 0.25) is 0 Å². The molecule has 126 valence electrons. The number of hydrogen-bond acceptors (Lipinski definition) is 4. The number of halogens is 1. The Morgan fingerprint density at radius 3 is 2.54 bits per heavy atom. The molecule has 0 spiro atoms. The van der Waals surface area contributed by atoms with Crippen molar-refractivity contribution in [3.05, 3.63) is 57.5 Å². The van der Waals surface area contributed by atoms with Crippen molar-refractivity contribution in [2.45, 2.75) is 20.0 Å². The van der Waals surface area contributed by atoms with Gasteiger partial charge in [-0.2, -0.15) is 5.26 Å². The second kappa shape index (κ2) is 8.04. The van der Waals surface area contributed by atoms with Crippen LogP contribution in [-0.2, 0) is 0 Å². The lowest BCUT2D eigenvalue weighted by Crippen LogP contribution is -2.37. The largest absolute Gasteiger partial charge is 0.387 e. The molecular weight excluding hydrogens is 327 g/mol. The molecule has 1 aromatic heterocycles. The molecule has 1 unspecified atom stereocenters. The van der Waals surface area contributed by atoms with Gasteiger partial charge in [-0.3, -0.25) is 4.79 Å². The maximum atomic E-state index is 13.0. The van der Waals surface area contributed by atoms with Crippen LogP contribution in [0.3, 0.4) is 0 Å². The van der Waals surface area contributed by atoms with Gasteiger partial charge in [0.25, 0.3) is 5.91 Å². The Morgan fingerprint density at radius 1 is 1.33 bits per heavy atom. The van der Waals surface area contributed by atoms with E-state index in [1.165, 1.54) is 35.6 Å². The fourth-order valence-corrected chi connectivity index (χ4v) is 3.14. The van der Waals surface area contributed by atoms with Gasteiger partial charge < -0.3 is 10.0 Å². The summed E-state index contributed by atoms with van der Waals surface area (Å²) in [6.45, 7) is 4.57. The predicted molar refractivity (Wildman–Crippen MR) is 91.1 cm³/mol. The van der Waals surface area contributed by atoms with Crippen molar-refractivity contribution in [1.29, 1.82) is 5.26 Å². The summed E-state index contributed by atoms with van der Waals surface area (Å²) in [4.78, 5) is 14.7. The highest BCUT2D eigenvalue weighted by atomic mass is 32.1. The zero-order chi connectivity index (χ0) is 17.7. The molecule has 1 N–H and O–H groups in total. The lowest BCUT2D eigenvalue weighted by atomic mass is 10.1. The number of rotatable bonds is 6. The highest BCUT2D eigenvalue weighted by Gasteiger charge is 2.22. The molecule has 1 amide bonds. The molecule has 1 atom stereocenters. The van der Waals surface area contributed by atoms with E-state index in [0.29, 0.717) is 22.5 Å². The van der Waals surface area contributed by atoms with Crippen LogP contribution in [0.1, 0.15) is 40.8 Å². The van der Waals surface area contributed by atoms with E-state index in [2.05, 4.69) is 0 Å². The number of benzene rings is 1. The zero-order valence-electron chi connectivity index (χ0n) is 13.6. The van der Waals surface area contributed by atoms with Crippen LogP contribution in [0.25, 0.3) is 0 Å². The molecule has 2 aromatic rings. The molecule has 0 radical (unpaired) electrons. The van der Waals surface area contributed by atoms with Gasteiger partial charge >= 0.3 is 0 Å². The Balaban J connectivity index is 2.16. The summed E-state index contributed by atoms with van der Waals surface area (Å²) in [5.74, 6) is -0.357. The van der Waals surface area contributed by atoms with Crippen molar-refractivity contribution in [2.24, 2.45) is 5.92 Å². The number of aliphatic hydroxyl groups is 1. The molecule has 1 aromatic carbocycles. The number of nitrogens with zero attached hydrogens (tertiary/aromatic N) is 2. The maximum absolute atomic E-state index is 13.0. The molecule has 0 aliphatic heterocycles. The van der Waals surface area contributed by atoms with E-state index in [1.54, 1.807) is 16.3 Å². The standard InChI is InChI=1S/C18H19FN2O2S/c1-12(2)9-21(18(23)17-7-13(8-20)11-24-17)10-16(22)14-3-5-15(19)6-4-14/h3-7,11-12,16,22H,9-10H2,1-2H3. The van der Waals surface area contributed by atoms with Crippen molar-refractivity contribution in [1.82, 2.24) is 4.90 Å². The third kappa shape index (κ3) is 4.63. The minimum atomic E-state index is -0.899. The van der Waals surface area contributed by atoms with Crippen LogP contribution in [0.5, 0.6) is 0 Å². The summed E-state index contributed by atoms with van der Waals surface area (Å²) >= 11 is 1.22. The zero-order valence-corrected chi connectivity index (χ0v) is 14.4. The predicted octanol–water partition coefficient (Wildman–Crippen LogP) is 3.59. The summed E-state index contributed by atoms with van der Waals surface area (Å²) < 4.78 is 13.0. The first-order valence-corrected chi connectivity index (χ1v) is 8.50. The molecule has 6 heteroatoms. The van der Waals surface area contributed by atoms with Gasteiger partial charge in [0.2, 0.25) is 0 Å². The molecule has 24 heavy (non-hydrogen) atoms.